The molecule has 0 fully saturated rings. The normalized spacial score (nSPS) is 10.6. The lowest BCUT2D eigenvalue weighted by Gasteiger charge is -2.22. The van der Waals surface area contributed by atoms with Gasteiger partial charge >= 0.3 is 0 Å². The van der Waals surface area contributed by atoms with Crippen molar-refractivity contribution in [2.75, 3.05) is 6.54 Å². The largest absolute Gasteiger partial charge is 0.345 e. The first kappa shape index (κ1) is 19.2. The second kappa shape index (κ2) is 8.87. The average Bonchev–Trinajstić information content (AvgIpc) is 3.07. The molecule has 3 nitrogen and oxygen atoms in total. The highest BCUT2D eigenvalue weighted by Gasteiger charge is 2.17. The van der Waals surface area contributed by atoms with Gasteiger partial charge in [-0.15, -0.1) is 6.58 Å². The first-order valence-corrected chi connectivity index (χ1v) is 9.71. The monoisotopic (exact) mass is 422 g/mol. The highest BCUT2D eigenvalue weighted by atomic mass is 79.9. The van der Waals surface area contributed by atoms with Gasteiger partial charge in [-0.3, -0.25) is 4.79 Å². The molecule has 0 N–H and O–H groups in total. The molecule has 1 heterocycles. The summed E-state index contributed by atoms with van der Waals surface area (Å²) < 4.78 is 3.09. The summed E-state index contributed by atoms with van der Waals surface area (Å²) in [7, 11) is 0. The minimum Gasteiger partial charge on any atom is -0.345 e. The lowest BCUT2D eigenvalue weighted by atomic mass is 10.1. The molecule has 0 bridgehead atoms. The van der Waals surface area contributed by atoms with Gasteiger partial charge in [0.25, 0.3) is 5.91 Å². The Balaban J connectivity index is 1.80. The van der Waals surface area contributed by atoms with Crippen LogP contribution in [0.25, 0.3) is 0 Å². The van der Waals surface area contributed by atoms with E-state index in [4.69, 9.17) is 0 Å². The van der Waals surface area contributed by atoms with E-state index in [1.165, 1.54) is 11.1 Å². The Kier molecular flexibility index (Phi) is 6.30. The summed E-state index contributed by atoms with van der Waals surface area (Å²) in [5.41, 5.74) is 4.27. The van der Waals surface area contributed by atoms with E-state index >= 15 is 0 Å². The molecule has 4 heteroatoms. The molecule has 0 unspecified atom stereocenters. The minimum atomic E-state index is -0.000458. The fourth-order valence-corrected chi connectivity index (χ4v) is 3.53. The predicted octanol–water partition coefficient (Wildman–Crippen LogP) is 5.44. The Morgan fingerprint density at radius 1 is 1.15 bits per heavy atom. The lowest BCUT2D eigenvalue weighted by Crippen LogP contribution is -2.31. The van der Waals surface area contributed by atoms with Gasteiger partial charge in [0.15, 0.2) is 0 Å². The van der Waals surface area contributed by atoms with Gasteiger partial charge in [0, 0.05) is 35.0 Å². The molecule has 1 aromatic heterocycles. The second-order valence-corrected chi connectivity index (χ2v) is 7.52. The lowest BCUT2D eigenvalue weighted by molar-refractivity contribution is 0.0759. The van der Waals surface area contributed by atoms with Crippen LogP contribution in [0, 0.1) is 6.92 Å². The van der Waals surface area contributed by atoms with Gasteiger partial charge in [0.1, 0.15) is 0 Å². The predicted molar refractivity (Wildman–Crippen MR) is 114 cm³/mol. The SMILES string of the molecule is C=CCN(Cc1cccn1Cc1cccc(C)c1)C(=O)c1cccc(Br)c1. The van der Waals surface area contributed by atoms with E-state index < -0.39 is 0 Å². The number of rotatable bonds is 7. The van der Waals surface area contributed by atoms with Crippen molar-refractivity contribution in [1.29, 1.82) is 0 Å². The number of halogens is 1. The molecule has 0 aliphatic carbocycles. The molecule has 0 spiro atoms. The molecule has 0 saturated heterocycles. The van der Waals surface area contributed by atoms with Crippen LogP contribution in [0.2, 0.25) is 0 Å². The van der Waals surface area contributed by atoms with Crippen molar-refractivity contribution >= 4 is 21.8 Å². The number of hydrogen-bond acceptors (Lipinski definition) is 1. The number of benzene rings is 2. The van der Waals surface area contributed by atoms with Gasteiger partial charge < -0.3 is 9.47 Å². The summed E-state index contributed by atoms with van der Waals surface area (Å²) in [5, 5.41) is 0. The van der Waals surface area contributed by atoms with Crippen molar-refractivity contribution in [3.05, 3.63) is 106 Å². The van der Waals surface area contributed by atoms with Gasteiger partial charge in [0.05, 0.1) is 6.54 Å². The maximum absolute atomic E-state index is 13.0. The third-order valence-corrected chi connectivity index (χ3v) is 4.91. The molecule has 27 heavy (non-hydrogen) atoms. The summed E-state index contributed by atoms with van der Waals surface area (Å²) >= 11 is 3.44. The number of carbonyl (C=O) groups excluding carboxylic acids is 1. The van der Waals surface area contributed by atoms with Crippen molar-refractivity contribution in [2.24, 2.45) is 0 Å². The Morgan fingerprint density at radius 2 is 1.96 bits per heavy atom. The zero-order valence-electron chi connectivity index (χ0n) is 15.4. The van der Waals surface area contributed by atoms with Crippen molar-refractivity contribution in [3.63, 3.8) is 0 Å². The first-order chi connectivity index (χ1) is 13.1. The van der Waals surface area contributed by atoms with Crippen LogP contribution in [0.3, 0.4) is 0 Å². The van der Waals surface area contributed by atoms with Crippen LogP contribution >= 0.6 is 15.9 Å². The Morgan fingerprint density at radius 3 is 2.70 bits per heavy atom. The van der Waals surface area contributed by atoms with Crippen molar-refractivity contribution in [1.82, 2.24) is 9.47 Å². The van der Waals surface area contributed by atoms with Crippen LogP contribution in [-0.4, -0.2) is 21.9 Å². The summed E-state index contributed by atoms with van der Waals surface area (Å²) in [6, 6.07) is 20.1. The van der Waals surface area contributed by atoms with Crippen LogP contribution < -0.4 is 0 Å². The molecule has 0 aliphatic rings. The summed E-state index contributed by atoms with van der Waals surface area (Å²) in [6.07, 6.45) is 3.83. The molecule has 0 radical (unpaired) electrons. The number of carbonyl (C=O) groups is 1. The van der Waals surface area contributed by atoms with Crippen LogP contribution in [-0.2, 0) is 13.1 Å². The number of nitrogens with zero attached hydrogens (tertiary/aromatic N) is 2. The Bertz CT molecular complexity index is 945. The smallest absolute Gasteiger partial charge is 0.254 e. The molecule has 1 amide bonds. The van der Waals surface area contributed by atoms with E-state index in [2.05, 4.69) is 70.5 Å². The van der Waals surface area contributed by atoms with Crippen LogP contribution in [0.15, 0.2) is 84.0 Å². The number of aryl methyl sites for hydroxylation is 1. The van der Waals surface area contributed by atoms with E-state index in [9.17, 15) is 4.79 Å². The van der Waals surface area contributed by atoms with E-state index in [0.717, 1.165) is 16.7 Å². The highest BCUT2D eigenvalue weighted by Crippen LogP contribution is 2.17. The highest BCUT2D eigenvalue weighted by molar-refractivity contribution is 9.10. The Hall–Kier alpha value is -2.59. The summed E-state index contributed by atoms with van der Waals surface area (Å²) in [4.78, 5) is 14.8. The van der Waals surface area contributed by atoms with E-state index in [-0.39, 0.29) is 5.91 Å². The fourth-order valence-electron chi connectivity index (χ4n) is 3.13. The Labute approximate surface area is 169 Å². The third kappa shape index (κ3) is 4.98. The van der Waals surface area contributed by atoms with Gasteiger partial charge in [-0.25, -0.2) is 0 Å². The summed E-state index contributed by atoms with van der Waals surface area (Å²) in [6.45, 7) is 7.74. The van der Waals surface area contributed by atoms with Crippen molar-refractivity contribution in [3.8, 4) is 0 Å². The molecule has 3 aromatic rings. The first-order valence-electron chi connectivity index (χ1n) is 8.92. The maximum Gasteiger partial charge on any atom is 0.254 e. The van der Waals surface area contributed by atoms with Crippen molar-refractivity contribution in [2.45, 2.75) is 20.0 Å². The molecule has 0 saturated carbocycles. The fraction of sp³-hybridized carbons (Fsp3) is 0.174. The number of amides is 1. The molecular weight excluding hydrogens is 400 g/mol. The van der Waals surface area contributed by atoms with E-state index in [0.29, 0.717) is 18.7 Å². The standard InChI is InChI=1S/C23H23BrN2O/c1-3-12-26(23(27)20-9-5-10-21(24)15-20)17-22-11-6-13-25(22)16-19-8-4-7-18(2)14-19/h3-11,13-15H,1,12,16-17H2,2H3. The molecule has 138 valence electrons. The van der Waals surface area contributed by atoms with Gasteiger partial charge in [-0.1, -0.05) is 57.9 Å². The molecule has 0 aliphatic heterocycles. The second-order valence-electron chi connectivity index (χ2n) is 6.60. The number of aromatic nitrogens is 1. The zero-order valence-corrected chi connectivity index (χ0v) is 17.0. The minimum absolute atomic E-state index is 0.000458. The molecule has 3 rings (SSSR count). The van der Waals surface area contributed by atoms with E-state index in [1.54, 1.807) is 6.08 Å². The van der Waals surface area contributed by atoms with Crippen LogP contribution in [0.1, 0.15) is 27.2 Å². The van der Waals surface area contributed by atoms with Gasteiger partial charge in [-0.2, -0.15) is 0 Å². The van der Waals surface area contributed by atoms with Crippen molar-refractivity contribution < 1.29 is 4.79 Å². The topological polar surface area (TPSA) is 25.2 Å². The third-order valence-electron chi connectivity index (χ3n) is 4.42. The van der Waals surface area contributed by atoms with Gasteiger partial charge in [-0.05, 0) is 42.8 Å². The van der Waals surface area contributed by atoms with Crippen LogP contribution in [0.4, 0.5) is 0 Å². The molecular formula is C23H23BrN2O. The average molecular weight is 423 g/mol. The number of hydrogen-bond donors (Lipinski definition) is 0. The molecule has 2 aromatic carbocycles. The quantitative estimate of drug-likeness (QED) is 0.465. The maximum atomic E-state index is 13.0. The zero-order chi connectivity index (χ0) is 19.2. The molecule has 0 atom stereocenters. The van der Waals surface area contributed by atoms with Crippen LogP contribution in [0.5, 0.6) is 0 Å². The van der Waals surface area contributed by atoms with Gasteiger partial charge in [0.2, 0.25) is 0 Å². The van der Waals surface area contributed by atoms with E-state index in [1.807, 2.05) is 35.2 Å². The summed E-state index contributed by atoms with van der Waals surface area (Å²) in [5.74, 6) is -0.000458.